The van der Waals surface area contributed by atoms with Gasteiger partial charge in [0.1, 0.15) is 6.61 Å². The Bertz CT molecular complexity index is 1500. The predicted molar refractivity (Wildman–Crippen MR) is 150 cm³/mol. The molecule has 0 unspecified atom stereocenters. The third-order valence-corrected chi connectivity index (χ3v) is 6.51. The van der Waals surface area contributed by atoms with Gasteiger partial charge in [0.05, 0.1) is 7.11 Å². The number of carbonyl (C=O) groups excluding carboxylic acids is 1. The van der Waals surface area contributed by atoms with E-state index in [2.05, 4.69) is 4.98 Å². The molecule has 0 saturated carbocycles. The molecule has 1 heterocycles. The maximum atomic E-state index is 14.0. The number of ether oxygens (including phenoxy) is 2. The molecule has 0 radical (unpaired) electrons. The van der Waals surface area contributed by atoms with Crippen LogP contribution in [-0.2, 0) is 19.6 Å². The van der Waals surface area contributed by atoms with Crippen molar-refractivity contribution in [1.29, 1.82) is 0 Å². The lowest BCUT2D eigenvalue weighted by molar-refractivity contribution is 0.0746. The van der Waals surface area contributed by atoms with Crippen molar-refractivity contribution in [2.45, 2.75) is 19.6 Å². The number of hydrogen-bond acceptors (Lipinski definition) is 4. The molecular weight excluding hydrogens is 472 g/mol. The maximum Gasteiger partial charge on any atom is 0.254 e. The lowest BCUT2D eigenvalue weighted by atomic mass is 10.0. The summed E-state index contributed by atoms with van der Waals surface area (Å²) in [7, 11) is 1.63. The molecule has 190 valence electrons. The number of nitrogens with zero attached hydrogens (tertiary/aromatic N) is 2. The molecule has 0 aliphatic carbocycles. The summed E-state index contributed by atoms with van der Waals surface area (Å²) in [6, 6.07) is 35.6. The van der Waals surface area contributed by atoms with Gasteiger partial charge in [0, 0.05) is 37.0 Å². The van der Waals surface area contributed by atoms with Gasteiger partial charge in [-0.1, -0.05) is 78.9 Å². The van der Waals surface area contributed by atoms with Crippen molar-refractivity contribution in [2.75, 3.05) is 13.7 Å². The summed E-state index contributed by atoms with van der Waals surface area (Å²) < 4.78 is 11.7. The van der Waals surface area contributed by atoms with Crippen molar-refractivity contribution < 1.29 is 14.3 Å². The normalized spacial score (nSPS) is 10.8. The molecule has 0 saturated heterocycles. The number of carbonyl (C=O) groups is 1. The monoisotopic (exact) mass is 502 g/mol. The van der Waals surface area contributed by atoms with Gasteiger partial charge in [0.2, 0.25) is 0 Å². The number of benzene rings is 4. The van der Waals surface area contributed by atoms with Crippen molar-refractivity contribution in [3.8, 4) is 11.5 Å². The van der Waals surface area contributed by atoms with Crippen LogP contribution in [0.1, 0.15) is 27.2 Å². The summed E-state index contributed by atoms with van der Waals surface area (Å²) in [5, 5.41) is 1.99. The number of aromatic nitrogens is 1. The van der Waals surface area contributed by atoms with E-state index in [1.165, 1.54) is 0 Å². The van der Waals surface area contributed by atoms with Crippen LogP contribution < -0.4 is 9.47 Å². The second-order valence-corrected chi connectivity index (χ2v) is 9.08. The highest BCUT2D eigenvalue weighted by Crippen LogP contribution is 2.30. The summed E-state index contributed by atoms with van der Waals surface area (Å²) in [6.45, 7) is 1.39. The molecule has 0 atom stereocenters. The highest BCUT2D eigenvalue weighted by Gasteiger charge is 2.19. The number of rotatable bonds is 10. The average Bonchev–Trinajstić information content (AvgIpc) is 2.98. The Balaban J connectivity index is 1.42. The standard InChI is InChI=1S/C33H30N2O3/c1-37-31-18-17-26(22-32(31)38-24-25-10-3-2-4-11-25)23-35(21-19-28-14-7-8-20-34-28)33(36)30-16-9-13-27-12-5-6-15-29(27)30/h2-18,20,22H,19,21,23-24H2,1H3. The fraction of sp³-hybridized carbons (Fsp3) is 0.152. The van der Waals surface area contributed by atoms with E-state index < -0.39 is 0 Å². The largest absolute Gasteiger partial charge is 0.493 e. The van der Waals surface area contributed by atoms with Crippen LogP contribution in [0.4, 0.5) is 0 Å². The van der Waals surface area contributed by atoms with Crippen LogP contribution >= 0.6 is 0 Å². The Hall–Kier alpha value is -4.64. The minimum absolute atomic E-state index is 0.0136. The number of pyridine rings is 1. The Morgan fingerprint density at radius 2 is 1.58 bits per heavy atom. The van der Waals surface area contributed by atoms with Crippen molar-refractivity contribution in [3.05, 3.63) is 138 Å². The van der Waals surface area contributed by atoms with E-state index in [-0.39, 0.29) is 5.91 Å². The Kier molecular flexibility index (Phi) is 7.95. The highest BCUT2D eigenvalue weighted by atomic mass is 16.5. The van der Waals surface area contributed by atoms with Gasteiger partial charge >= 0.3 is 0 Å². The van der Waals surface area contributed by atoms with Crippen LogP contribution in [0.3, 0.4) is 0 Å². The topological polar surface area (TPSA) is 51.7 Å². The Morgan fingerprint density at radius 1 is 0.789 bits per heavy atom. The van der Waals surface area contributed by atoms with Gasteiger partial charge < -0.3 is 14.4 Å². The van der Waals surface area contributed by atoms with Crippen LogP contribution in [0.2, 0.25) is 0 Å². The first-order valence-electron chi connectivity index (χ1n) is 12.7. The van der Waals surface area contributed by atoms with E-state index in [1.54, 1.807) is 13.3 Å². The van der Waals surface area contributed by atoms with Gasteiger partial charge in [-0.2, -0.15) is 0 Å². The van der Waals surface area contributed by atoms with Gasteiger partial charge in [0.15, 0.2) is 11.5 Å². The summed E-state index contributed by atoms with van der Waals surface area (Å²) in [5.41, 5.74) is 3.68. The summed E-state index contributed by atoms with van der Waals surface area (Å²) >= 11 is 0. The van der Waals surface area contributed by atoms with E-state index in [1.807, 2.05) is 114 Å². The first-order chi connectivity index (χ1) is 18.7. The zero-order valence-corrected chi connectivity index (χ0v) is 21.4. The van der Waals surface area contributed by atoms with Crippen LogP contribution in [-0.4, -0.2) is 29.4 Å². The zero-order chi connectivity index (χ0) is 26.2. The van der Waals surface area contributed by atoms with Gasteiger partial charge in [-0.05, 0) is 52.2 Å². The molecule has 0 N–H and O–H groups in total. The fourth-order valence-corrected chi connectivity index (χ4v) is 4.52. The molecule has 1 amide bonds. The molecule has 38 heavy (non-hydrogen) atoms. The third-order valence-electron chi connectivity index (χ3n) is 6.51. The molecule has 0 aliphatic heterocycles. The molecule has 4 aromatic carbocycles. The number of methoxy groups -OCH3 is 1. The quantitative estimate of drug-likeness (QED) is 0.213. The molecule has 0 spiro atoms. The summed E-state index contributed by atoms with van der Waals surface area (Å²) in [6.07, 6.45) is 2.44. The second-order valence-electron chi connectivity index (χ2n) is 9.08. The first-order valence-corrected chi connectivity index (χ1v) is 12.7. The maximum absolute atomic E-state index is 14.0. The van der Waals surface area contributed by atoms with E-state index in [9.17, 15) is 4.79 Å². The van der Waals surface area contributed by atoms with Crippen molar-refractivity contribution >= 4 is 16.7 Å². The van der Waals surface area contributed by atoms with E-state index in [0.717, 1.165) is 27.6 Å². The smallest absolute Gasteiger partial charge is 0.254 e. The van der Waals surface area contributed by atoms with Gasteiger partial charge in [-0.3, -0.25) is 9.78 Å². The average molecular weight is 503 g/mol. The van der Waals surface area contributed by atoms with Crippen LogP contribution in [0.25, 0.3) is 10.8 Å². The predicted octanol–water partition coefficient (Wildman–Crippen LogP) is 6.71. The summed E-state index contributed by atoms with van der Waals surface area (Å²) in [4.78, 5) is 20.3. The van der Waals surface area contributed by atoms with Gasteiger partial charge in [0.25, 0.3) is 5.91 Å². The van der Waals surface area contributed by atoms with Gasteiger partial charge in [-0.15, -0.1) is 0 Å². The fourth-order valence-electron chi connectivity index (χ4n) is 4.52. The van der Waals surface area contributed by atoms with Crippen molar-refractivity contribution in [1.82, 2.24) is 9.88 Å². The van der Waals surface area contributed by atoms with E-state index in [0.29, 0.717) is 43.2 Å². The van der Waals surface area contributed by atoms with Crippen molar-refractivity contribution in [2.24, 2.45) is 0 Å². The first kappa shape index (κ1) is 25.0. The molecule has 5 aromatic rings. The van der Waals surface area contributed by atoms with E-state index in [4.69, 9.17) is 9.47 Å². The van der Waals surface area contributed by atoms with E-state index >= 15 is 0 Å². The minimum atomic E-state index is -0.0136. The molecule has 5 rings (SSSR count). The lowest BCUT2D eigenvalue weighted by Crippen LogP contribution is -2.32. The molecule has 5 nitrogen and oxygen atoms in total. The second kappa shape index (κ2) is 12.1. The third kappa shape index (κ3) is 6.01. The molecule has 0 bridgehead atoms. The molecule has 0 fully saturated rings. The van der Waals surface area contributed by atoms with Crippen LogP contribution in [0, 0.1) is 0 Å². The zero-order valence-electron chi connectivity index (χ0n) is 21.4. The minimum Gasteiger partial charge on any atom is -0.493 e. The van der Waals surface area contributed by atoms with Crippen LogP contribution in [0.15, 0.2) is 115 Å². The Labute approximate surface area is 223 Å². The number of fused-ring (bicyclic) bond motifs is 1. The SMILES string of the molecule is COc1ccc(CN(CCc2ccccn2)C(=O)c2cccc3ccccc23)cc1OCc1ccccc1. The summed E-state index contributed by atoms with van der Waals surface area (Å²) in [5.74, 6) is 1.29. The van der Waals surface area contributed by atoms with Gasteiger partial charge in [-0.25, -0.2) is 0 Å². The molecule has 1 aromatic heterocycles. The molecule has 5 heteroatoms. The molecular formula is C33H30N2O3. The highest BCUT2D eigenvalue weighted by molar-refractivity contribution is 6.07. The number of hydrogen-bond donors (Lipinski definition) is 0. The van der Waals surface area contributed by atoms with Crippen LogP contribution in [0.5, 0.6) is 11.5 Å². The Morgan fingerprint density at radius 3 is 2.39 bits per heavy atom. The molecule has 0 aliphatic rings. The lowest BCUT2D eigenvalue weighted by Gasteiger charge is -2.24. The van der Waals surface area contributed by atoms with Crippen molar-refractivity contribution in [3.63, 3.8) is 0 Å². The number of amides is 1.